The Morgan fingerprint density at radius 3 is 2.41 bits per heavy atom. The van der Waals surface area contributed by atoms with Crippen molar-refractivity contribution in [1.29, 1.82) is 0 Å². The van der Waals surface area contributed by atoms with Crippen molar-refractivity contribution in [3.8, 4) is 0 Å². The van der Waals surface area contributed by atoms with E-state index in [1.807, 2.05) is 13.8 Å². The van der Waals surface area contributed by atoms with E-state index in [1.54, 1.807) is 0 Å². The van der Waals surface area contributed by atoms with Gasteiger partial charge in [-0.2, -0.15) is 0 Å². The number of guanidine groups is 1. The van der Waals surface area contributed by atoms with Crippen LogP contribution in [0.2, 0.25) is 0 Å². The van der Waals surface area contributed by atoms with Gasteiger partial charge in [0, 0.05) is 6.54 Å². The van der Waals surface area contributed by atoms with E-state index in [4.69, 9.17) is 5.73 Å². The van der Waals surface area contributed by atoms with Gasteiger partial charge in [-0.1, -0.05) is 20.3 Å². The molecule has 1 saturated carbocycles. The first kappa shape index (κ1) is 17.0. The van der Waals surface area contributed by atoms with Crippen molar-refractivity contribution in [2.24, 2.45) is 16.6 Å². The Hall–Kier alpha value is -0.0400. The van der Waals surface area contributed by atoms with Gasteiger partial charge < -0.3 is 16.2 Å². The lowest BCUT2D eigenvalue weighted by atomic mass is 9.85. The van der Waals surface area contributed by atoms with Crippen molar-refractivity contribution in [2.45, 2.75) is 51.6 Å². The van der Waals surface area contributed by atoms with E-state index in [1.165, 1.54) is 19.3 Å². The van der Waals surface area contributed by atoms with Gasteiger partial charge >= 0.3 is 0 Å². The number of aliphatic imine (C=N–C) groups is 1. The van der Waals surface area contributed by atoms with Crippen LogP contribution in [0.4, 0.5) is 0 Å². The molecule has 102 valence electrons. The van der Waals surface area contributed by atoms with Crippen LogP contribution >= 0.6 is 24.0 Å². The summed E-state index contributed by atoms with van der Waals surface area (Å²) >= 11 is 0. The second-order valence-corrected chi connectivity index (χ2v) is 4.81. The standard InChI is InChI=1S/C12H25N3O.HI/c1-3-12(16,4-2)9-15-11(13)14-8-10-6-5-7-10;/h10,16H,3-9H2,1-2H3,(H3,13,14,15);1H. The molecule has 0 radical (unpaired) electrons. The van der Waals surface area contributed by atoms with Crippen LogP contribution in [-0.2, 0) is 0 Å². The molecule has 0 aromatic carbocycles. The van der Waals surface area contributed by atoms with Gasteiger partial charge in [-0.25, -0.2) is 0 Å². The Kier molecular flexibility index (Phi) is 8.11. The molecule has 0 spiro atoms. The molecule has 4 nitrogen and oxygen atoms in total. The normalized spacial score (nSPS) is 17.2. The smallest absolute Gasteiger partial charge is 0.188 e. The van der Waals surface area contributed by atoms with E-state index in [0.717, 1.165) is 12.5 Å². The summed E-state index contributed by atoms with van der Waals surface area (Å²) in [7, 11) is 0. The minimum Gasteiger partial charge on any atom is -0.388 e. The third-order valence-corrected chi connectivity index (χ3v) is 3.66. The van der Waals surface area contributed by atoms with E-state index in [0.29, 0.717) is 25.3 Å². The van der Waals surface area contributed by atoms with Crippen molar-refractivity contribution in [3.05, 3.63) is 0 Å². The molecule has 1 rings (SSSR count). The van der Waals surface area contributed by atoms with Crippen LogP contribution in [0.25, 0.3) is 0 Å². The quantitative estimate of drug-likeness (QED) is 0.387. The Balaban J connectivity index is 0.00000256. The van der Waals surface area contributed by atoms with Gasteiger partial charge in [-0.15, -0.1) is 24.0 Å². The number of nitrogens with zero attached hydrogens (tertiary/aromatic N) is 1. The first-order valence-corrected chi connectivity index (χ1v) is 6.36. The highest BCUT2D eigenvalue weighted by Gasteiger charge is 2.21. The molecule has 17 heavy (non-hydrogen) atoms. The lowest BCUT2D eigenvalue weighted by molar-refractivity contribution is 0.0418. The van der Waals surface area contributed by atoms with Crippen LogP contribution in [-0.4, -0.2) is 29.8 Å². The molecule has 0 heterocycles. The third kappa shape index (κ3) is 5.90. The van der Waals surface area contributed by atoms with Crippen molar-refractivity contribution in [2.75, 3.05) is 13.1 Å². The van der Waals surface area contributed by atoms with E-state index in [-0.39, 0.29) is 24.0 Å². The Bertz CT molecular complexity index is 238. The zero-order chi connectivity index (χ0) is 12.0. The third-order valence-electron chi connectivity index (χ3n) is 3.66. The zero-order valence-electron chi connectivity index (χ0n) is 10.9. The molecule has 0 aromatic heterocycles. The molecule has 0 aliphatic heterocycles. The molecule has 4 N–H and O–H groups in total. The first-order chi connectivity index (χ1) is 7.59. The van der Waals surface area contributed by atoms with Gasteiger partial charge in [0.05, 0.1) is 12.1 Å². The predicted molar refractivity (Wildman–Crippen MR) is 82.8 cm³/mol. The number of aliphatic hydroxyl groups is 1. The van der Waals surface area contributed by atoms with E-state index >= 15 is 0 Å². The number of hydrogen-bond donors (Lipinski definition) is 3. The van der Waals surface area contributed by atoms with Gasteiger partial charge in [0.2, 0.25) is 0 Å². The van der Waals surface area contributed by atoms with Crippen molar-refractivity contribution in [1.82, 2.24) is 5.32 Å². The largest absolute Gasteiger partial charge is 0.388 e. The monoisotopic (exact) mass is 355 g/mol. The molecule has 0 atom stereocenters. The second kappa shape index (κ2) is 8.13. The van der Waals surface area contributed by atoms with E-state index < -0.39 is 5.60 Å². The summed E-state index contributed by atoms with van der Waals surface area (Å²) < 4.78 is 0. The Morgan fingerprint density at radius 1 is 1.41 bits per heavy atom. The Morgan fingerprint density at radius 2 is 2.00 bits per heavy atom. The maximum Gasteiger partial charge on any atom is 0.188 e. The Labute approximate surface area is 121 Å². The fraction of sp³-hybridized carbons (Fsp3) is 0.917. The lowest BCUT2D eigenvalue weighted by Gasteiger charge is -2.26. The van der Waals surface area contributed by atoms with Crippen LogP contribution in [0.1, 0.15) is 46.0 Å². The lowest BCUT2D eigenvalue weighted by Crippen LogP contribution is -2.39. The van der Waals surface area contributed by atoms with Crippen molar-refractivity contribution >= 4 is 29.9 Å². The highest BCUT2D eigenvalue weighted by molar-refractivity contribution is 14.0. The number of halogens is 1. The number of nitrogens with two attached hydrogens (primary N) is 1. The first-order valence-electron chi connectivity index (χ1n) is 6.36. The number of nitrogens with one attached hydrogen (secondary N) is 1. The maximum atomic E-state index is 10.0. The minimum absolute atomic E-state index is 0. The maximum absolute atomic E-state index is 10.0. The molecule has 5 heteroatoms. The molecule has 0 bridgehead atoms. The van der Waals surface area contributed by atoms with E-state index in [2.05, 4.69) is 10.3 Å². The summed E-state index contributed by atoms with van der Waals surface area (Å²) in [6, 6.07) is 0. The van der Waals surface area contributed by atoms with Gasteiger partial charge in [-0.3, -0.25) is 4.99 Å². The second-order valence-electron chi connectivity index (χ2n) is 4.81. The molecule has 0 aromatic rings. The van der Waals surface area contributed by atoms with Crippen molar-refractivity contribution in [3.63, 3.8) is 0 Å². The van der Waals surface area contributed by atoms with Crippen LogP contribution in [0.3, 0.4) is 0 Å². The number of rotatable bonds is 6. The highest BCUT2D eigenvalue weighted by Crippen LogP contribution is 2.25. The molecule has 0 amide bonds. The predicted octanol–water partition coefficient (Wildman–Crippen LogP) is 1.86. The summed E-state index contributed by atoms with van der Waals surface area (Å²) in [6.07, 6.45) is 5.36. The van der Waals surface area contributed by atoms with Gasteiger partial charge in [0.1, 0.15) is 0 Å². The molecule has 0 saturated heterocycles. The summed E-state index contributed by atoms with van der Waals surface area (Å²) in [6.45, 7) is 5.25. The number of hydrogen-bond acceptors (Lipinski definition) is 2. The SMILES string of the molecule is CCC(O)(CC)CN=C(N)NCC1CCC1.I. The van der Waals surface area contributed by atoms with Gasteiger partial charge in [0.15, 0.2) is 5.96 Å². The topological polar surface area (TPSA) is 70.6 Å². The molecule has 1 fully saturated rings. The van der Waals surface area contributed by atoms with Gasteiger partial charge in [-0.05, 0) is 31.6 Å². The summed E-state index contributed by atoms with van der Waals surface area (Å²) in [5.74, 6) is 1.23. The highest BCUT2D eigenvalue weighted by atomic mass is 127. The molecule has 1 aliphatic rings. The summed E-state index contributed by atoms with van der Waals surface area (Å²) in [5, 5.41) is 13.1. The fourth-order valence-corrected chi connectivity index (χ4v) is 1.71. The molecule has 1 aliphatic carbocycles. The van der Waals surface area contributed by atoms with Crippen LogP contribution in [0, 0.1) is 5.92 Å². The zero-order valence-corrected chi connectivity index (χ0v) is 13.2. The van der Waals surface area contributed by atoms with Crippen LogP contribution < -0.4 is 11.1 Å². The average Bonchev–Trinajstić information content (AvgIpc) is 2.24. The molecular formula is C12H26IN3O. The molecule has 0 unspecified atom stereocenters. The summed E-state index contributed by atoms with van der Waals surface area (Å²) in [4.78, 5) is 4.20. The minimum atomic E-state index is -0.692. The average molecular weight is 355 g/mol. The van der Waals surface area contributed by atoms with Crippen LogP contribution in [0.5, 0.6) is 0 Å². The van der Waals surface area contributed by atoms with Gasteiger partial charge in [0.25, 0.3) is 0 Å². The van der Waals surface area contributed by atoms with E-state index in [9.17, 15) is 5.11 Å². The van der Waals surface area contributed by atoms with Crippen LogP contribution in [0.15, 0.2) is 4.99 Å². The summed E-state index contributed by atoms with van der Waals surface area (Å²) in [5.41, 5.74) is 5.05. The fourth-order valence-electron chi connectivity index (χ4n) is 1.71. The van der Waals surface area contributed by atoms with Crippen molar-refractivity contribution < 1.29 is 5.11 Å². The molecular weight excluding hydrogens is 329 g/mol.